The number of hydrogen-bond donors (Lipinski definition) is 1. The Kier molecular flexibility index (Phi) is 6.13. The lowest BCUT2D eigenvalue weighted by atomic mass is 10.0. The highest BCUT2D eigenvalue weighted by Crippen LogP contribution is 2.41. The molecule has 0 aromatic carbocycles. The van der Waals surface area contributed by atoms with Gasteiger partial charge in [-0.15, -0.1) is 10.2 Å². The third kappa shape index (κ3) is 4.14. The molecule has 0 saturated heterocycles. The molecule has 2 aromatic heterocycles. The average molecular weight is 368 g/mol. The van der Waals surface area contributed by atoms with Gasteiger partial charge in [0.05, 0.1) is 6.10 Å². The summed E-state index contributed by atoms with van der Waals surface area (Å²) in [6, 6.07) is 3.16. The minimum Gasteiger partial charge on any atom is -0.493 e. The quantitative estimate of drug-likeness (QED) is 0.583. The van der Waals surface area contributed by atoms with Crippen molar-refractivity contribution in [1.82, 2.24) is 9.55 Å². The van der Waals surface area contributed by atoms with Gasteiger partial charge in [0, 0.05) is 49.3 Å². The van der Waals surface area contributed by atoms with E-state index in [1.165, 1.54) is 12.4 Å². The number of methoxy groups -OCH3 is 1. The van der Waals surface area contributed by atoms with E-state index in [2.05, 4.69) is 22.1 Å². The van der Waals surface area contributed by atoms with Crippen LogP contribution in [0.1, 0.15) is 47.8 Å². The average Bonchev–Trinajstić information content (AvgIpc) is 2.97. The molecule has 27 heavy (non-hydrogen) atoms. The van der Waals surface area contributed by atoms with E-state index in [4.69, 9.17) is 4.74 Å². The van der Waals surface area contributed by atoms with Gasteiger partial charge in [0.15, 0.2) is 5.69 Å². The van der Waals surface area contributed by atoms with Gasteiger partial charge in [0.25, 0.3) is 5.91 Å². The fourth-order valence-corrected chi connectivity index (χ4v) is 3.18. The second kappa shape index (κ2) is 8.73. The molecule has 1 atom stereocenters. The normalized spacial score (nSPS) is 16.0. The first-order chi connectivity index (χ1) is 13.2. The summed E-state index contributed by atoms with van der Waals surface area (Å²) in [4.78, 5) is 16.1. The Morgan fingerprint density at radius 2 is 2.15 bits per heavy atom. The maximum Gasteiger partial charge on any atom is 0.295 e. The smallest absolute Gasteiger partial charge is 0.295 e. The van der Waals surface area contributed by atoms with Crippen molar-refractivity contribution < 1.29 is 14.6 Å². The van der Waals surface area contributed by atoms with Gasteiger partial charge in [-0.25, -0.2) is 0 Å². The maximum atomic E-state index is 12.2. The first-order valence-corrected chi connectivity index (χ1v) is 9.17. The number of pyridine rings is 1. The maximum absolute atomic E-state index is 12.2. The summed E-state index contributed by atoms with van der Waals surface area (Å²) in [7, 11) is 1.65. The molecular weight excluding hydrogens is 344 g/mol. The number of ether oxygens (including phenoxy) is 1. The Hall–Kier alpha value is -2.80. The van der Waals surface area contributed by atoms with Crippen LogP contribution in [0.5, 0.6) is 5.88 Å². The number of unbranched alkanes of at least 4 members (excludes halogenated alkanes) is 2. The summed E-state index contributed by atoms with van der Waals surface area (Å²) in [6.07, 6.45) is 10.6. The van der Waals surface area contributed by atoms with Crippen molar-refractivity contribution in [2.24, 2.45) is 10.2 Å². The van der Waals surface area contributed by atoms with Gasteiger partial charge < -0.3 is 14.4 Å². The number of azo groups is 1. The molecule has 1 aliphatic rings. The van der Waals surface area contributed by atoms with Crippen LogP contribution in [0.25, 0.3) is 6.08 Å². The molecule has 1 unspecified atom stereocenters. The molecule has 0 fully saturated rings. The summed E-state index contributed by atoms with van der Waals surface area (Å²) < 4.78 is 7.27. The Labute approximate surface area is 158 Å². The highest BCUT2D eigenvalue weighted by atomic mass is 16.5. The fraction of sp³-hybridized carbons (Fsp3) is 0.400. The van der Waals surface area contributed by atoms with Gasteiger partial charge in [-0.1, -0.05) is 25.8 Å². The molecule has 2 aromatic rings. The van der Waals surface area contributed by atoms with Crippen molar-refractivity contribution in [3.05, 3.63) is 47.4 Å². The number of rotatable bonds is 7. The molecule has 7 nitrogen and oxygen atoms in total. The first kappa shape index (κ1) is 19.0. The standard InChI is InChI=1S/C20H24N4O3/c1-3-4-5-12-24-17-7-6-15(27-2)13-16(17)18(20(24)26)22-23-19(25)14-8-10-21-11-9-14/h6-11,15,26H,3-5,12-13H2,1-2H3. The van der Waals surface area contributed by atoms with Gasteiger partial charge in [-0.05, 0) is 24.6 Å². The zero-order valence-electron chi connectivity index (χ0n) is 15.6. The number of fused-ring (bicyclic) bond motifs is 1. The fourth-order valence-electron chi connectivity index (χ4n) is 3.18. The minimum atomic E-state index is -0.473. The van der Waals surface area contributed by atoms with E-state index in [1.54, 1.807) is 19.2 Å². The molecule has 7 heteroatoms. The molecule has 0 radical (unpaired) electrons. The van der Waals surface area contributed by atoms with Crippen molar-refractivity contribution in [2.45, 2.75) is 45.3 Å². The molecule has 142 valence electrons. The van der Waals surface area contributed by atoms with Crippen molar-refractivity contribution in [3.8, 4) is 5.88 Å². The number of aromatic hydroxyl groups is 1. The van der Waals surface area contributed by atoms with E-state index >= 15 is 0 Å². The van der Waals surface area contributed by atoms with Gasteiger partial charge in [0.1, 0.15) is 0 Å². The van der Waals surface area contributed by atoms with E-state index in [0.29, 0.717) is 24.2 Å². The van der Waals surface area contributed by atoms with Crippen LogP contribution in [0.3, 0.4) is 0 Å². The van der Waals surface area contributed by atoms with Crippen molar-refractivity contribution in [3.63, 3.8) is 0 Å². The summed E-state index contributed by atoms with van der Waals surface area (Å²) in [5, 5.41) is 18.7. The zero-order valence-corrected chi connectivity index (χ0v) is 15.6. The molecule has 0 saturated carbocycles. The minimum absolute atomic E-state index is 0.0452. The van der Waals surface area contributed by atoms with E-state index in [-0.39, 0.29) is 12.0 Å². The van der Waals surface area contributed by atoms with Crippen LogP contribution in [0.4, 0.5) is 5.69 Å². The molecule has 0 bridgehead atoms. The van der Waals surface area contributed by atoms with Crippen LogP contribution >= 0.6 is 0 Å². The summed E-state index contributed by atoms with van der Waals surface area (Å²) in [6.45, 7) is 2.83. The molecule has 0 aliphatic heterocycles. The summed E-state index contributed by atoms with van der Waals surface area (Å²) in [5.74, 6) is -0.428. The van der Waals surface area contributed by atoms with Gasteiger partial charge in [-0.2, -0.15) is 0 Å². The lowest BCUT2D eigenvalue weighted by Gasteiger charge is -2.17. The zero-order chi connectivity index (χ0) is 19.2. The second-order valence-electron chi connectivity index (χ2n) is 6.47. The van der Waals surface area contributed by atoms with Crippen LogP contribution in [0, 0.1) is 0 Å². The number of hydrogen-bond acceptors (Lipinski definition) is 5. The van der Waals surface area contributed by atoms with Gasteiger partial charge in [0.2, 0.25) is 5.88 Å². The van der Waals surface area contributed by atoms with Crippen LogP contribution < -0.4 is 0 Å². The first-order valence-electron chi connectivity index (χ1n) is 9.17. The van der Waals surface area contributed by atoms with Gasteiger partial charge >= 0.3 is 0 Å². The number of nitrogens with zero attached hydrogens (tertiary/aromatic N) is 4. The summed E-state index contributed by atoms with van der Waals surface area (Å²) in [5.41, 5.74) is 2.50. The van der Waals surface area contributed by atoms with Crippen molar-refractivity contribution in [1.29, 1.82) is 0 Å². The van der Waals surface area contributed by atoms with Crippen LogP contribution in [-0.2, 0) is 17.7 Å². The highest BCUT2D eigenvalue weighted by Gasteiger charge is 2.26. The predicted molar refractivity (Wildman–Crippen MR) is 102 cm³/mol. The van der Waals surface area contributed by atoms with Crippen LogP contribution in [0.2, 0.25) is 0 Å². The second-order valence-corrected chi connectivity index (χ2v) is 6.47. The lowest BCUT2D eigenvalue weighted by molar-refractivity contribution is 0.0995. The molecule has 1 aliphatic carbocycles. The Balaban J connectivity index is 1.93. The van der Waals surface area contributed by atoms with Gasteiger partial charge in [-0.3, -0.25) is 9.78 Å². The predicted octanol–water partition coefficient (Wildman–Crippen LogP) is 4.29. The largest absolute Gasteiger partial charge is 0.493 e. The van der Waals surface area contributed by atoms with E-state index in [1.807, 2.05) is 16.7 Å². The molecule has 3 rings (SSSR count). The van der Waals surface area contributed by atoms with E-state index < -0.39 is 5.91 Å². The van der Waals surface area contributed by atoms with Crippen LogP contribution in [0.15, 0.2) is 40.8 Å². The Bertz CT molecular complexity index is 856. The number of carbonyl (C=O) groups is 1. The van der Waals surface area contributed by atoms with E-state index in [0.717, 1.165) is 30.5 Å². The molecule has 1 amide bonds. The third-order valence-electron chi connectivity index (χ3n) is 4.68. The molecule has 1 N–H and O–H groups in total. The monoisotopic (exact) mass is 368 g/mol. The van der Waals surface area contributed by atoms with Crippen molar-refractivity contribution >= 4 is 17.7 Å². The lowest BCUT2D eigenvalue weighted by Crippen LogP contribution is -2.15. The molecular formula is C20H24N4O3. The highest BCUT2D eigenvalue weighted by molar-refractivity contribution is 5.94. The topological polar surface area (TPSA) is 89.1 Å². The Morgan fingerprint density at radius 3 is 2.85 bits per heavy atom. The van der Waals surface area contributed by atoms with Crippen molar-refractivity contribution in [2.75, 3.05) is 7.11 Å². The third-order valence-corrected chi connectivity index (χ3v) is 4.68. The SMILES string of the molecule is CCCCCn1c(O)c(N=NC(=O)c2ccncc2)c2c1C=CC(OC)C2. The number of carbonyl (C=O) groups excluding carboxylic acids is 1. The Morgan fingerprint density at radius 1 is 1.37 bits per heavy atom. The van der Waals surface area contributed by atoms with E-state index in [9.17, 15) is 9.90 Å². The summed E-state index contributed by atoms with van der Waals surface area (Å²) >= 11 is 0. The molecule has 2 heterocycles. The number of aromatic nitrogens is 2. The van der Waals surface area contributed by atoms with Crippen LogP contribution in [-0.4, -0.2) is 33.8 Å². The number of amides is 1. The molecule has 0 spiro atoms.